The quantitative estimate of drug-likeness (QED) is 0.479. The van der Waals surface area contributed by atoms with E-state index in [0.29, 0.717) is 11.1 Å². The van der Waals surface area contributed by atoms with Crippen LogP contribution >= 0.6 is 0 Å². The number of aryl methyl sites for hydroxylation is 1. The molecule has 0 N–H and O–H groups in total. The first-order chi connectivity index (χ1) is 13.7. The Morgan fingerprint density at radius 3 is 2.31 bits per heavy atom. The van der Waals surface area contributed by atoms with Gasteiger partial charge in [0.1, 0.15) is 12.7 Å². The zero-order chi connectivity index (χ0) is 21.2. The number of esters is 1. The van der Waals surface area contributed by atoms with Crippen LogP contribution in [0.3, 0.4) is 0 Å². The van der Waals surface area contributed by atoms with Gasteiger partial charge >= 0.3 is 5.97 Å². The minimum Gasteiger partial charge on any atom is -0.451 e. The smallest absolute Gasteiger partial charge is 0.339 e. The Morgan fingerprint density at radius 1 is 1.07 bits per heavy atom. The molecule has 1 heterocycles. The Bertz CT molecular complexity index is 1020. The standard InChI is InChI=1S/C23H25N3O3/c1-15-12-19(26-14-24-13-25-26)10-11-20(15)22(28)29-16(2)21(27)17-6-8-18(9-7-17)23(3,4)5/h6-14,16H,1-5H3. The van der Waals surface area contributed by atoms with Crippen LogP contribution in [0, 0.1) is 6.92 Å². The fourth-order valence-corrected chi connectivity index (χ4v) is 3.01. The zero-order valence-electron chi connectivity index (χ0n) is 17.3. The summed E-state index contributed by atoms with van der Waals surface area (Å²) in [6.07, 6.45) is 2.15. The van der Waals surface area contributed by atoms with Gasteiger partial charge in [0.25, 0.3) is 0 Å². The Hall–Kier alpha value is -3.28. The highest BCUT2D eigenvalue weighted by Crippen LogP contribution is 2.23. The van der Waals surface area contributed by atoms with Crippen LogP contribution in [0.25, 0.3) is 5.69 Å². The summed E-state index contributed by atoms with van der Waals surface area (Å²) < 4.78 is 7.04. The molecule has 0 spiro atoms. The largest absolute Gasteiger partial charge is 0.451 e. The summed E-state index contributed by atoms with van der Waals surface area (Å²) in [6, 6.07) is 12.7. The van der Waals surface area contributed by atoms with E-state index in [4.69, 9.17) is 4.74 Å². The van der Waals surface area contributed by atoms with Crippen LogP contribution in [-0.2, 0) is 10.2 Å². The van der Waals surface area contributed by atoms with Crippen LogP contribution in [0.15, 0.2) is 55.1 Å². The molecule has 0 aliphatic heterocycles. The second-order valence-electron chi connectivity index (χ2n) is 8.08. The van der Waals surface area contributed by atoms with Crippen LogP contribution < -0.4 is 0 Å². The Kier molecular flexibility index (Phi) is 5.64. The van der Waals surface area contributed by atoms with Crippen LogP contribution in [0.1, 0.15) is 59.5 Å². The van der Waals surface area contributed by atoms with Crippen molar-refractivity contribution in [1.29, 1.82) is 0 Å². The molecule has 1 atom stereocenters. The van der Waals surface area contributed by atoms with Gasteiger partial charge in [-0.2, -0.15) is 5.10 Å². The maximum absolute atomic E-state index is 12.7. The number of nitrogens with zero attached hydrogens (tertiary/aromatic N) is 3. The SMILES string of the molecule is Cc1cc(-n2cncn2)ccc1C(=O)OC(C)C(=O)c1ccc(C(C)(C)C)cc1. The average Bonchev–Trinajstić information content (AvgIpc) is 3.21. The Balaban J connectivity index is 1.71. The predicted octanol–water partition coefficient (Wildman–Crippen LogP) is 4.30. The first-order valence-electron chi connectivity index (χ1n) is 9.48. The number of ether oxygens (including phenoxy) is 1. The van der Waals surface area contributed by atoms with E-state index in [1.165, 1.54) is 6.33 Å². The molecule has 0 saturated heterocycles. The van der Waals surface area contributed by atoms with Crippen molar-refractivity contribution in [2.24, 2.45) is 0 Å². The van der Waals surface area contributed by atoms with E-state index in [-0.39, 0.29) is 11.2 Å². The maximum Gasteiger partial charge on any atom is 0.339 e. The molecule has 0 radical (unpaired) electrons. The lowest BCUT2D eigenvalue weighted by Gasteiger charge is -2.19. The predicted molar refractivity (Wildman–Crippen MR) is 110 cm³/mol. The number of carbonyl (C=O) groups is 2. The monoisotopic (exact) mass is 391 g/mol. The summed E-state index contributed by atoms with van der Waals surface area (Å²) in [4.78, 5) is 29.2. The van der Waals surface area contributed by atoms with Gasteiger partial charge in [-0.25, -0.2) is 14.5 Å². The lowest BCUT2D eigenvalue weighted by Crippen LogP contribution is -2.25. The van der Waals surface area contributed by atoms with Gasteiger partial charge in [0.15, 0.2) is 6.10 Å². The Morgan fingerprint density at radius 2 is 1.76 bits per heavy atom. The summed E-state index contributed by atoms with van der Waals surface area (Å²) in [6.45, 7) is 9.76. The van der Waals surface area contributed by atoms with Crippen molar-refractivity contribution >= 4 is 11.8 Å². The van der Waals surface area contributed by atoms with Gasteiger partial charge in [-0.05, 0) is 48.6 Å². The van der Waals surface area contributed by atoms with Crippen molar-refractivity contribution < 1.29 is 14.3 Å². The number of hydrogen-bond acceptors (Lipinski definition) is 5. The Labute approximate surface area is 170 Å². The molecule has 1 aromatic heterocycles. The molecular formula is C23H25N3O3. The third-order valence-corrected chi connectivity index (χ3v) is 4.80. The third kappa shape index (κ3) is 4.59. The summed E-state index contributed by atoms with van der Waals surface area (Å²) in [7, 11) is 0. The fraction of sp³-hybridized carbons (Fsp3) is 0.304. The van der Waals surface area contributed by atoms with Gasteiger partial charge in [-0.15, -0.1) is 0 Å². The molecule has 0 fully saturated rings. The van der Waals surface area contributed by atoms with Gasteiger partial charge in [0.2, 0.25) is 5.78 Å². The highest BCUT2D eigenvalue weighted by molar-refractivity contribution is 6.01. The highest BCUT2D eigenvalue weighted by atomic mass is 16.5. The minimum atomic E-state index is -0.877. The number of hydrogen-bond donors (Lipinski definition) is 0. The summed E-state index contributed by atoms with van der Waals surface area (Å²) in [5.74, 6) is -0.754. The average molecular weight is 391 g/mol. The molecule has 0 saturated carbocycles. The van der Waals surface area contributed by atoms with Crippen molar-refractivity contribution in [1.82, 2.24) is 14.8 Å². The van der Waals surface area contributed by atoms with E-state index >= 15 is 0 Å². The first-order valence-corrected chi connectivity index (χ1v) is 9.48. The van der Waals surface area contributed by atoms with E-state index in [1.54, 1.807) is 42.2 Å². The number of Topliss-reactive ketones (excluding diaryl/α,β-unsaturated/α-hetero) is 1. The van der Waals surface area contributed by atoms with Crippen LogP contribution in [0.5, 0.6) is 0 Å². The molecule has 0 aliphatic rings. The number of benzene rings is 2. The van der Waals surface area contributed by atoms with Gasteiger partial charge in [-0.1, -0.05) is 45.0 Å². The van der Waals surface area contributed by atoms with E-state index in [2.05, 4.69) is 30.9 Å². The lowest BCUT2D eigenvalue weighted by molar-refractivity contribution is 0.0318. The molecule has 29 heavy (non-hydrogen) atoms. The molecular weight excluding hydrogens is 366 g/mol. The number of carbonyl (C=O) groups excluding carboxylic acids is 2. The molecule has 6 nitrogen and oxygen atoms in total. The zero-order valence-corrected chi connectivity index (χ0v) is 17.3. The fourth-order valence-electron chi connectivity index (χ4n) is 3.01. The number of ketones is 1. The molecule has 6 heteroatoms. The van der Waals surface area contributed by atoms with Crippen molar-refractivity contribution in [2.45, 2.75) is 46.1 Å². The van der Waals surface area contributed by atoms with Gasteiger partial charge < -0.3 is 4.74 Å². The van der Waals surface area contributed by atoms with Crippen molar-refractivity contribution in [2.75, 3.05) is 0 Å². The van der Waals surface area contributed by atoms with Crippen LogP contribution in [-0.4, -0.2) is 32.6 Å². The minimum absolute atomic E-state index is 0.00951. The molecule has 1 unspecified atom stereocenters. The van der Waals surface area contributed by atoms with Gasteiger partial charge in [0, 0.05) is 5.56 Å². The molecule has 0 bridgehead atoms. The lowest BCUT2D eigenvalue weighted by atomic mass is 9.86. The van der Waals surface area contributed by atoms with Crippen molar-refractivity contribution in [3.63, 3.8) is 0 Å². The topological polar surface area (TPSA) is 74.1 Å². The van der Waals surface area contributed by atoms with Crippen molar-refractivity contribution in [3.8, 4) is 5.69 Å². The maximum atomic E-state index is 12.7. The van der Waals surface area contributed by atoms with E-state index < -0.39 is 12.1 Å². The molecule has 2 aromatic carbocycles. The number of rotatable bonds is 5. The molecule has 0 aliphatic carbocycles. The summed E-state index contributed by atoms with van der Waals surface area (Å²) >= 11 is 0. The second-order valence-corrected chi connectivity index (χ2v) is 8.08. The molecule has 3 aromatic rings. The number of aromatic nitrogens is 3. The first kappa shape index (κ1) is 20.5. The van der Waals surface area contributed by atoms with Gasteiger partial charge in [0.05, 0.1) is 11.3 Å². The van der Waals surface area contributed by atoms with Gasteiger partial charge in [-0.3, -0.25) is 4.79 Å². The van der Waals surface area contributed by atoms with E-state index in [1.807, 2.05) is 25.1 Å². The normalized spacial score (nSPS) is 12.4. The van der Waals surface area contributed by atoms with Crippen LogP contribution in [0.4, 0.5) is 0 Å². The van der Waals surface area contributed by atoms with Crippen molar-refractivity contribution in [3.05, 3.63) is 77.4 Å². The second kappa shape index (κ2) is 7.99. The van der Waals surface area contributed by atoms with Crippen LogP contribution in [0.2, 0.25) is 0 Å². The highest BCUT2D eigenvalue weighted by Gasteiger charge is 2.22. The summed E-state index contributed by atoms with van der Waals surface area (Å²) in [5, 5.41) is 4.07. The van der Waals surface area contributed by atoms with E-state index in [9.17, 15) is 9.59 Å². The molecule has 150 valence electrons. The summed E-state index contributed by atoms with van der Waals surface area (Å²) in [5.41, 5.74) is 3.61. The van der Waals surface area contributed by atoms with E-state index in [0.717, 1.165) is 16.8 Å². The molecule has 0 amide bonds. The molecule has 3 rings (SSSR count). The third-order valence-electron chi connectivity index (χ3n) is 4.80.